The molecule has 2 rings (SSSR count). The first-order valence-corrected chi connectivity index (χ1v) is 7.82. The maximum Gasteiger partial charge on any atom is 0.0449 e. The van der Waals surface area contributed by atoms with Crippen molar-refractivity contribution in [2.75, 3.05) is 6.54 Å². The molecule has 1 nitrogen and oxygen atoms in total. The summed E-state index contributed by atoms with van der Waals surface area (Å²) in [4.78, 5) is 0. The van der Waals surface area contributed by atoms with Crippen LogP contribution < -0.4 is 5.32 Å². The van der Waals surface area contributed by atoms with Crippen LogP contribution >= 0.6 is 23.4 Å². The minimum atomic E-state index is 0.465. The van der Waals surface area contributed by atoms with Crippen LogP contribution in [0.1, 0.15) is 43.9 Å². The molecule has 1 heterocycles. The summed E-state index contributed by atoms with van der Waals surface area (Å²) in [5.74, 6) is 1.05. The van der Waals surface area contributed by atoms with Crippen molar-refractivity contribution in [3.63, 3.8) is 0 Å². The van der Waals surface area contributed by atoms with Crippen LogP contribution in [0, 0.1) is 0 Å². The third-order valence-corrected chi connectivity index (χ3v) is 5.16. The van der Waals surface area contributed by atoms with Gasteiger partial charge >= 0.3 is 0 Å². The standard InChI is InChI=1S/C14H20ClNS/c1-3-8-16-14-10-6-5-7-12(15)11(10)9-17-13(14)4-2/h5-7,13-14,16H,3-4,8-9H2,1-2H3. The first-order chi connectivity index (χ1) is 8.27. The molecule has 1 aromatic rings. The Morgan fingerprint density at radius 2 is 2.24 bits per heavy atom. The van der Waals surface area contributed by atoms with E-state index in [0.29, 0.717) is 11.3 Å². The summed E-state index contributed by atoms with van der Waals surface area (Å²) in [5.41, 5.74) is 2.74. The lowest BCUT2D eigenvalue weighted by Gasteiger charge is -2.34. The zero-order valence-corrected chi connectivity index (χ0v) is 12.1. The molecule has 0 bridgehead atoms. The molecule has 3 heteroatoms. The van der Waals surface area contributed by atoms with E-state index < -0.39 is 0 Å². The largest absolute Gasteiger partial charge is 0.309 e. The van der Waals surface area contributed by atoms with Crippen molar-refractivity contribution in [1.82, 2.24) is 5.32 Å². The monoisotopic (exact) mass is 269 g/mol. The molecular formula is C14H20ClNS. The third kappa shape index (κ3) is 2.81. The van der Waals surface area contributed by atoms with Gasteiger partial charge in [-0.15, -0.1) is 0 Å². The molecule has 1 aliphatic heterocycles. The van der Waals surface area contributed by atoms with Crippen molar-refractivity contribution < 1.29 is 0 Å². The molecule has 1 aliphatic rings. The van der Waals surface area contributed by atoms with E-state index in [1.54, 1.807) is 0 Å². The minimum Gasteiger partial charge on any atom is -0.309 e. The summed E-state index contributed by atoms with van der Waals surface area (Å²) in [5, 5.41) is 5.27. The Labute approximate surface area is 113 Å². The van der Waals surface area contributed by atoms with Gasteiger partial charge in [0.2, 0.25) is 0 Å². The lowest BCUT2D eigenvalue weighted by Crippen LogP contribution is -2.33. The zero-order chi connectivity index (χ0) is 12.3. The van der Waals surface area contributed by atoms with E-state index in [1.807, 2.05) is 17.8 Å². The zero-order valence-electron chi connectivity index (χ0n) is 10.5. The molecule has 0 spiro atoms. The number of halogens is 1. The highest BCUT2D eigenvalue weighted by Gasteiger charge is 2.29. The first kappa shape index (κ1) is 13.3. The van der Waals surface area contributed by atoms with Gasteiger partial charge in [0.05, 0.1) is 0 Å². The van der Waals surface area contributed by atoms with E-state index in [9.17, 15) is 0 Å². The lowest BCUT2D eigenvalue weighted by molar-refractivity contribution is 0.498. The van der Waals surface area contributed by atoms with Crippen molar-refractivity contribution in [3.05, 3.63) is 34.3 Å². The van der Waals surface area contributed by atoms with E-state index in [0.717, 1.165) is 17.3 Å². The lowest BCUT2D eigenvalue weighted by atomic mass is 9.96. The first-order valence-electron chi connectivity index (χ1n) is 6.40. The number of hydrogen-bond donors (Lipinski definition) is 1. The van der Waals surface area contributed by atoms with Crippen LogP contribution in [0.5, 0.6) is 0 Å². The molecule has 0 fully saturated rings. The highest BCUT2D eigenvalue weighted by molar-refractivity contribution is 7.99. The highest BCUT2D eigenvalue weighted by atomic mass is 35.5. The van der Waals surface area contributed by atoms with Crippen molar-refractivity contribution in [3.8, 4) is 0 Å². The van der Waals surface area contributed by atoms with Gasteiger partial charge in [-0.1, -0.05) is 37.6 Å². The molecule has 1 N–H and O–H groups in total. The van der Waals surface area contributed by atoms with E-state index >= 15 is 0 Å². The summed E-state index contributed by atoms with van der Waals surface area (Å²) < 4.78 is 0. The quantitative estimate of drug-likeness (QED) is 0.869. The van der Waals surface area contributed by atoms with Gasteiger partial charge in [0.15, 0.2) is 0 Å². The van der Waals surface area contributed by atoms with Crippen molar-refractivity contribution >= 4 is 23.4 Å². The molecular weight excluding hydrogens is 250 g/mol. The normalized spacial score (nSPS) is 23.5. The molecule has 94 valence electrons. The van der Waals surface area contributed by atoms with Crippen LogP contribution in [-0.4, -0.2) is 11.8 Å². The molecule has 17 heavy (non-hydrogen) atoms. The van der Waals surface area contributed by atoms with Gasteiger partial charge in [0.25, 0.3) is 0 Å². The third-order valence-electron chi connectivity index (χ3n) is 3.32. The number of thioether (sulfide) groups is 1. The summed E-state index contributed by atoms with van der Waals surface area (Å²) in [6.07, 6.45) is 2.38. The summed E-state index contributed by atoms with van der Waals surface area (Å²) in [6, 6.07) is 6.78. The van der Waals surface area contributed by atoms with Gasteiger partial charge in [-0.2, -0.15) is 11.8 Å². The maximum absolute atomic E-state index is 6.29. The number of hydrogen-bond acceptors (Lipinski definition) is 2. The summed E-state index contributed by atoms with van der Waals surface area (Å²) >= 11 is 8.32. The number of rotatable bonds is 4. The van der Waals surface area contributed by atoms with Gasteiger partial charge in [-0.25, -0.2) is 0 Å². The highest BCUT2D eigenvalue weighted by Crippen LogP contribution is 2.41. The molecule has 1 aromatic carbocycles. The van der Waals surface area contributed by atoms with Crippen LogP contribution in [0.15, 0.2) is 18.2 Å². The summed E-state index contributed by atoms with van der Waals surface area (Å²) in [7, 11) is 0. The molecule has 0 saturated heterocycles. The molecule has 0 saturated carbocycles. The molecule has 2 unspecified atom stereocenters. The van der Waals surface area contributed by atoms with Gasteiger partial charge in [-0.05, 0) is 36.6 Å². The Bertz CT molecular complexity index is 380. The Hall–Kier alpha value is -0.180. The predicted octanol–water partition coefficient (Wildman–Crippen LogP) is 4.41. The molecule has 0 aromatic heterocycles. The smallest absolute Gasteiger partial charge is 0.0449 e. The Morgan fingerprint density at radius 1 is 1.41 bits per heavy atom. The van der Waals surface area contributed by atoms with Gasteiger partial charge in [0, 0.05) is 22.1 Å². The van der Waals surface area contributed by atoms with E-state index in [-0.39, 0.29) is 0 Å². The van der Waals surface area contributed by atoms with Crippen LogP contribution in [0.25, 0.3) is 0 Å². The second-order valence-electron chi connectivity index (χ2n) is 4.50. The van der Waals surface area contributed by atoms with Crippen molar-refractivity contribution in [2.45, 2.75) is 43.7 Å². The number of benzene rings is 1. The molecule has 2 atom stereocenters. The Balaban J connectivity index is 2.29. The molecule has 0 amide bonds. The minimum absolute atomic E-state index is 0.465. The fraction of sp³-hybridized carbons (Fsp3) is 0.571. The van der Waals surface area contributed by atoms with E-state index in [2.05, 4.69) is 31.3 Å². The maximum atomic E-state index is 6.29. The van der Waals surface area contributed by atoms with Crippen molar-refractivity contribution in [1.29, 1.82) is 0 Å². The second-order valence-corrected chi connectivity index (χ2v) is 6.13. The van der Waals surface area contributed by atoms with Crippen LogP contribution in [0.2, 0.25) is 5.02 Å². The number of nitrogens with one attached hydrogen (secondary N) is 1. The average molecular weight is 270 g/mol. The Morgan fingerprint density at radius 3 is 2.94 bits per heavy atom. The Kier molecular flexibility index (Phi) is 4.78. The fourth-order valence-corrected chi connectivity index (χ4v) is 4.10. The fourth-order valence-electron chi connectivity index (χ4n) is 2.40. The van der Waals surface area contributed by atoms with Gasteiger partial charge in [0.1, 0.15) is 0 Å². The molecule has 0 aliphatic carbocycles. The van der Waals surface area contributed by atoms with Gasteiger partial charge < -0.3 is 5.32 Å². The van der Waals surface area contributed by atoms with Crippen LogP contribution in [0.4, 0.5) is 0 Å². The second kappa shape index (κ2) is 6.12. The van der Waals surface area contributed by atoms with Crippen LogP contribution in [-0.2, 0) is 5.75 Å². The molecule has 0 radical (unpaired) electrons. The average Bonchev–Trinajstić information content (AvgIpc) is 2.36. The SMILES string of the molecule is CCCNC1c2cccc(Cl)c2CSC1CC. The van der Waals surface area contributed by atoms with Crippen molar-refractivity contribution in [2.24, 2.45) is 0 Å². The van der Waals surface area contributed by atoms with Gasteiger partial charge in [-0.3, -0.25) is 0 Å². The van der Waals surface area contributed by atoms with E-state index in [1.165, 1.54) is 24.0 Å². The predicted molar refractivity (Wildman–Crippen MR) is 77.9 cm³/mol. The summed E-state index contributed by atoms with van der Waals surface area (Å²) in [6.45, 7) is 5.56. The van der Waals surface area contributed by atoms with E-state index in [4.69, 9.17) is 11.6 Å². The number of fused-ring (bicyclic) bond motifs is 1. The van der Waals surface area contributed by atoms with Crippen LogP contribution in [0.3, 0.4) is 0 Å². The topological polar surface area (TPSA) is 12.0 Å².